The van der Waals surface area contributed by atoms with E-state index in [0.29, 0.717) is 11.3 Å². The minimum atomic E-state index is -0.490. The highest BCUT2D eigenvalue weighted by molar-refractivity contribution is 6.13. The third kappa shape index (κ3) is 1.72. The first-order valence-electron chi connectivity index (χ1n) is 7.74. The summed E-state index contributed by atoms with van der Waals surface area (Å²) >= 11 is 0. The summed E-state index contributed by atoms with van der Waals surface area (Å²) in [7, 11) is 3.21. The quantitative estimate of drug-likeness (QED) is 0.743. The summed E-state index contributed by atoms with van der Waals surface area (Å²) in [6.07, 6.45) is 5.40. The van der Waals surface area contributed by atoms with E-state index < -0.39 is 11.8 Å². The summed E-state index contributed by atoms with van der Waals surface area (Å²) in [6.45, 7) is 3.96. The fourth-order valence-electron chi connectivity index (χ4n) is 3.61. The molecule has 1 aliphatic carbocycles. The molecule has 0 bridgehead atoms. The number of benzene rings is 1. The molecule has 2 heterocycles. The number of imide groups is 1. The number of amides is 3. The van der Waals surface area contributed by atoms with Gasteiger partial charge in [-0.1, -0.05) is 43.0 Å². The van der Waals surface area contributed by atoms with Crippen LogP contribution in [0.1, 0.15) is 21.5 Å². The molecular weight excluding hydrogens is 304 g/mol. The topological polar surface area (TPSA) is 57.7 Å². The highest BCUT2D eigenvalue weighted by Gasteiger charge is 2.44. The Balaban J connectivity index is 1.83. The lowest BCUT2D eigenvalue weighted by Gasteiger charge is -2.16. The van der Waals surface area contributed by atoms with Gasteiger partial charge in [0.1, 0.15) is 0 Å². The summed E-state index contributed by atoms with van der Waals surface area (Å²) in [5, 5.41) is 0. The molecule has 1 saturated heterocycles. The average molecular weight is 320 g/mol. The highest BCUT2D eigenvalue weighted by Crippen LogP contribution is 2.39. The van der Waals surface area contributed by atoms with Crippen LogP contribution in [-0.4, -0.2) is 41.6 Å². The number of carbonyl (C=O) groups is 3. The van der Waals surface area contributed by atoms with Gasteiger partial charge in [0.05, 0.1) is 17.4 Å². The second-order valence-corrected chi connectivity index (χ2v) is 6.31. The van der Waals surface area contributed by atoms with Crippen molar-refractivity contribution in [2.24, 2.45) is 11.8 Å². The zero-order chi connectivity index (χ0) is 17.2. The highest BCUT2D eigenvalue weighted by atomic mass is 16.2. The fraction of sp³-hybridized carbons (Fsp3) is 0.211. The van der Waals surface area contributed by atoms with E-state index >= 15 is 0 Å². The van der Waals surface area contributed by atoms with Crippen LogP contribution in [-0.2, 0) is 9.59 Å². The first-order valence-corrected chi connectivity index (χ1v) is 7.74. The van der Waals surface area contributed by atoms with Gasteiger partial charge in [0.2, 0.25) is 11.8 Å². The van der Waals surface area contributed by atoms with Crippen molar-refractivity contribution in [2.45, 2.75) is 0 Å². The number of rotatable bonds is 1. The Morgan fingerprint density at radius 1 is 0.958 bits per heavy atom. The van der Waals surface area contributed by atoms with Crippen molar-refractivity contribution in [3.63, 3.8) is 0 Å². The van der Waals surface area contributed by atoms with Crippen molar-refractivity contribution >= 4 is 29.0 Å². The number of hydrogen-bond acceptors (Lipinski definition) is 3. The van der Waals surface area contributed by atoms with Crippen molar-refractivity contribution in [3.05, 3.63) is 59.7 Å². The van der Waals surface area contributed by atoms with E-state index in [4.69, 9.17) is 0 Å². The molecule has 0 radical (unpaired) electrons. The molecule has 120 valence electrons. The molecule has 0 aromatic heterocycles. The number of fused-ring (bicyclic) bond motifs is 2. The molecule has 0 spiro atoms. The van der Waals surface area contributed by atoms with Gasteiger partial charge < -0.3 is 4.90 Å². The van der Waals surface area contributed by atoms with E-state index in [1.165, 1.54) is 16.8 Å². The van der Waals surface area contributed by atoms with Crippen LogP contribution >= 0.6 is 0 Å². The number of nitrogens with zero attached hydrogens (tertiary/aromatic N) is 2. The SMILES string of the molecule is C=C1c2cccc(C3=CC4C(=O)N(C)C(=O)C4C=C3)c2C(=O)N1C. The number of allylic oxidation sites excluding steroid dienone is 2. The maximum Gasteiger partial charge on any atom is 0.259 e. The second kappa shape index (κ2) is 4.77. The monoisotopic (exact) mass is 320 g/mol. The predicted octanol–water partition coefficient (Wildman–Crippen LogP) is 1.93. The Kier molecular flexibility index (Phi) is 2.91. The normalized spacial score (nSPS) is 25.3. The lowest BCUT2D eigenvalue weighted by Crippen LogP contribution is -2.25. The fourth-order valence-corrected chi connectivity index (χ4v) is 3.61. The first-order chi connectivity index (χ1) is 11.4. The van der Waals surface area contributed by atoms with Crippen LogP contribution in [0.15, 0.2) is 43.0 Å². The molecule has 5 nitrogen and oxygen atoms in total. The van der Waals surface area contributed by atoms with Crippen LogP contribution in [0.2, 0.25) is 0 Å². The van der Waals surface area contributed by atoms with E-state index in [-0.39, 0.29) is 17.7 Å². The lowest BCUT2D eigenvalue weighted by molar-refractivity contribution is -0.137. The zero-order valence-corrected chi connectivity index (χ0v) is 13.4. The summed E-state index contributed by atoms with van der Waals surface area (Å²) in [6, 6.07) is 5.61. The predicted molar refractivity (Wildman–Crippen MR) is 89.4 cm³/mol. The Bertz CT molecular complexity index is 894. The van der Waals surface area contributed by atoms with Crippen LogP contribution in [0.5, 0.6) is 0 Å². The van der Waals surface area contributed by atoms with E-state index in [1.54, 1.807) is 19.2 Å². The van der Waals surface area contributed by atoms with E-state index in [0.717, 1.165) is 16.7 Å². The molecule has 2 aliphatic heterocycles. The molecule has 5 heteroatoms. The van der Waals surface area contributed by atoms with Crippen molar-refractivity contribution < 1.29 is 14.4 Å². The van der Waals surface area contributed by atoms with Crippen LogP contribution in [0.25, 0.3) is 11.3 Å². The van der Waals surface area contributed by atoms with E-state index in [9.17, 15) is 14.4 Å². The molecule has 1 aromatic rings. The Labute approximate surface area is 139 Å². The summed E-state index contributed by atoms with van der Waals surface area (Å²) in [5.74, 6) is -1.41. The number of likely N-dealkylation sites (tertiary alicyclic amines) is 1. The van der Waals surface area contributed by atoms with E-state index in [1.807, 2.05) is 24.3 Å². The van der Waals surface area contributed by atoms with Gasteiger partial charge >= 0.3 is 0 Å². The molecule has 1 fully saturated rings. The van der Waals surface area contributed by atoms with Gasteiger partial charge in [-0.3, -0.25) is 19.3 Å². The maximum absolute atomic E-state index is 12.6. The third-order valence-electron chi connectivity index (χ3n) is 5.07. The van der Waals surface area contributed by atoms with Gasteiger partial charge in [-0.2, -0.15) is 0 Å². The molecular formula is C19H16N2O3. The van der Waals surface area contributed by atoms with Crippen LogP contribution in [0.3, 0.4) is 0 Å². The Morgan fingerprint density at radius 2 is 1.62 bits per heavy atom. The van der Waals surface area contributed by atoms with Crippen LogP contribution in [0.4, 0.5) is 0 Å². The minimum absolute atomic E-state index is 0.104. The summed E-state index contributed by atoms with van der Waals surface area (Å²) in [4.78, 5) is 39.6. The van der Waals surface area contributed by atoms with Gasteiger partial charge in [-0.15, -0.1) is 0 Å². The zero-order valence-electron chi connectivity index (χ0n) is 13.4. The molecule has 0 saturated carbocycles. The smallest absolute Gasteiger partial charge is 0.259 e. The van der Waals surface area contributed by atoms with Crippen molar-refractivity contribution in [2.75, 3.05) is 14.1 Å². The van der Waals surface area contributed by atoms with Crippen molar-refractivity contribution in [1.29, 1.82) is 0 Å². The molecule has 3 amide bonds. The van der Waals surface area contributed by atoms with Gasteiger partial charge in [0.25, 0.3) is 5.91 Å². The molecule has 24 heavy (non-hydrogen) atoms. The van der Waals surface area contributed by atoms with Gasteiger partial charge in [0, 0.05) is 25.4 Å². The van der Waals surface area contributed by atoms with Gasteiger partial charge in [-0.25, -0.2) is 0 Å². The van der Waals surface area contributed by atoms with Crippen molar-refractivity contribution in [3.8, 4) is 0 Å². The maximum atomic E-state index is 12.6. The Hall–Kier alpha value is -2.95. The molecule has 1 aromatic carbocycles. The first kappa shape index (κ1) is 14.6. The molecule has 2 unspecified atom stereocenters. The third-order valence-corrected chi connectivity index (χ3v) is 5.07. The minimum Gasteiger partial charge on any atom is -0.311 e. The largest absolute Gasteiger partial charge is 0.311 e. The second-order valence-electron chi connectivity index (χ2n) is 6.31. The standard InChI is InChI=1S/C19H16N2O3/c1-10-12-5-4-6-13(16(12)19(24)20(10)2)11-7-8-14-15(9-11)18(23)21(3)17(14)22/h4-9,14-15H,1H2,2-3H3. The van der Waals surface area contributed by atoms with E-state index in [2.05, 4.69) is 6.58 Å². The van der Waals surface area contributed by atoms with Crippen LogP contribution < -0.4 is 0 Å². The molecule has 2 atom stereocenters. The van der Waals surface area contributed by atoms with Crippen molar-refractivity contribution in [1.82, 2.24) is 9.80 Å². The average Bonchev–Trinajstić information content (AvgIpc) is 2.96. The summed E-state index contributed by atoms with van der Waals surface area (Å²) < 4.78 is 0. The number of hydrogen-bond donors (Lipinski definition) is 0. The number of carbonyl (C=O) groups excluding carboxylic acids is 3. The van der Waals surface area contributed by atoms with Gasteiger partial charge in [-0.05, 0) is 11.1 Å². The molecule has 3 aliphatic rings. The molecule has 0 N–H and O–H groups in total. The van der Waals surface area contributed by atoms with Gasteiger partial charge in [0.15, 0.2) is 0 Å². The van der Waals surface area contributed by atoms with Crippen LogP contribution in [0, 0.1) is 11.8 Å². The lowest BCUT2D eigenvalue weighted by atomic mass is 9.84. The Morgan fingerprint density at radius 3 is 2.38 bits per heavy atom. The molecule has 4 rings (SSSR count). The summed E-state index contributed by atoms with van der Waals surface area (Å²) in [5.41, 5.74) is 3.64.